The number of hydrogen-bond donors (Lipinski definition) is 0. The maximum atomic E-state index is 12.3. The SMILES string of the molecule is COCCOc1ccc(C(=O)/C=C\c2ccc(OCc3cccnc3)cc2)cc1. The van der Waals surface area contributed by atoms with Crippen molar-refractivity contribution in [3.63, 3.8) is 0 Å². The van der Waals surface area contributed by atoms with Crippen LogP contribution in [-0.2, 0) is 11.3 Å². The van der Waals surface area contributed by atoms with Crippen LogP contribution < -0.4 is 9.47 Å². The highest BCUT2D eigenvalue weighted by atomic mass is 16.5. The Morgan fingerprint density at radius 1 is 0.931 bits per heavy atom. The van der Waals surface area contributed by atoms with E-state index in [-0.39, 0.29) is 5.78 Å². The molecule has 0 amide bonds. The maximum absolute atomic E-state index is 12.3. The molecule has 1 heterocycles. The molecule has 0 N–H and O–H groups in total. The summed E-state index contributed by atoms with van der Waals surface area (Å²) in [4.78, 5) is 16.4. The van der Waals surface area contributed by atoms with Crippen molar-refractivity contribution in [1.29, 1.82) is 0 Å². The molecule has 0 bridgehead atoms. The van der Waals surface area contributed by atoms with Crippen LogP contribution in [-0.4, -0.2) is 31.1 Å². The number of rotatable bonds is 10. The number of aromatic nitrogens is 1. The minimum absolute atomic E-state index is 0.0645. The summed E-state index contributed by atoms with van der Waals surface area (Å²) in [5.41, 5.74) is 2.54. The molecule has 3 rings (SSSR count). The zero-order chi connectivity index (χ0) is 20.3. The van der Waals surface area contributed by atoms with Crippen LogP contribution in [0.4, 0.5) is 0 Å². The lowest BCUT2D eigenvalue weighted by molar-refractivity contribution is 0.104. The van der Waals surface area contributed by atoms with E-state index >= 15 is 0 Å². The molecule has 5 nitrogen and oxygen atoms in total. The minimum Gasteiger partial charge on any atom is -0.491 e. The third-order valence-corrected chi connectivity index (χ3v) is 4.13. The smallest absolute Gasteiger partial charge is 0.185 e. The highest BCUT2D eigenvalue weighted by Crippen LogP contribution is 2.16. The summed E-state index contributed by atoms with van der Waals surface area (Å²) in [5.74, 6) is 1.41. The lowest BCUT2D eigenvalue weighted by Crippen LogP contribution is -2.04. The molecule has 0 aliphatic carbocycles. The van der Waals surface area contributed by atoms with Crippen molar-refractivity contribution in [2.24, 2.45) is 0 Å². The van der Waals surface area contributed by atoms with Gasteiger partial charge in [0.2, 0.25) is 0 Å². The molecule has 0 saturated carbocycles. The van der Waals surface area contributed by atoms with E-state index in [2.05, 4.69) is 4.98 Å². The predicted octanol–water partition coefficient (Wildman–Crippen LogP) is 4.58. The van der Waals surface area contributed by atoms with Gasteiger partial charge in [0.1, 0.15) is 24.7 Å². The van der Waals surface area contributed by atoms with Crippen molar-refractivity contribution < 1.29 is 19.0 Å². The van der Waals surface area contributed by atoms with Gasteiger partial charge in [-0.2, -0.15) is 0 Å². The lowest BCUT2D eigenvalue weighted by atomic mass is 10.1. The molecule has 0 atom stereocenters. The molecule has 29 heavy (non-hydrogen) atoms. The second-order valence-corrected chi connectivity index (χ2v) is 6.28. The number of nitrogens with zero attached hydrogens (tertiary/aromatic N) is 1. The molecule has 0 aliphatic rings. The highest BCUT2D eigenvalue weighted by molar-refractivity contribution is 6.06. The Morgan fingerprint density at radius 3 is 2.34 bits per heavy atom. The maximum Gasteiger partial charge on any atom is 0.185 e. The van der Waals surface area contributed by atoms with Crippen LogP contribution in [0, 0.1) is 0 Å². The van der Waals surface area contributed by atoms with Crippen LogP contribution in [0.15, 0.2) is 79.1 Å². The van der Waals surface area contributed by atoms with Crippen LogP contribution in [0.5, 0.6) is 11.5 Å². The normalized spacial score (nSPS) is 10.8. The molecular weight excluding hydrogens is 366 g/mol. The predicted molar refractivity (Wildman–Crippen MR) is 112 cm³/mol. The van der Waals surface area contributed by atoms with Crippen molar-refractivity contribution in [1.82, 2.24) is 4.98 Å². The molecule has 1 aromatic heterocycles. The molecule has 0 saturated heterocycles. The number of methoxy groups -OCH3 is 1. The molecule has 0 radical (unpaired) electrons. The first-order chi connectivity index (χ1) is 14.2. The Kier molecular flexibility index (Phi) is 7.55. The first-order valence-corrected chi connectivity index (χ1v) is 9.30. The third-order valence-electron chi connectivity index (χ3n) is 4.13. The Labute approximate surface area is 170 Å². The number of pyridine rings is 1. The monoisotopic (exact) mass is 389 g/mol. The van der Waals surface area contributed by atoms with Crippen LogP contribution in [0.3, 0.4) is 0 Å². The average Bonchev–Trinajstić information content (AvgIpc) is 2.78. The van der Waals surface area contributed by atoms with E-state index in [9.17, 15) is 4.79 Å². The van der Waals surface area contributed by atoms with Crippen molar-refractivity contribution >= 4 is 11.9 Å². The van der Waals surface area contributed by atoms with Gasteiger partial charge in [-0.3, -0.25) is 9.78 Å². The summed E-state index contributed by atoms with van der Waals surface area (Å²) in [7, 11) is 1.63. The lowest BCUT2D eigenvalue weighted by Gasteiger charge is -2.06. The fraction of sp³-hybridized carbons (Fsp3) is 0.167. The van der Waals surface area contributed by atoms with Crippen LogP contribution >= 0.6 is 0 Å². The number of ketones is 1. The second-order valence-electron chi connectivity index (χ2n) is 6.28. The summed E-state index contributed by atoms with van der Waals surface area (Å²) in [6.07, 6.45) is 6.86. The zero-order valence-corrected chi connectivity index (χ0v) is 16.3. The van der Waals surface area contributed by atoms with Crippen molar-refractivity contribution in [3.05, 3.63) is 95.8 Å². The Bertz CT molecular complexity index is 919. The fourth-order valence-corrected chi connectivity index (χ4v) is 2.55. The summed E-state index contributed by atoms with van der Waals surface area (Å²) < 4.78 is 16.2. The summed E-state index contributed by atoms with van der Waals surface area (Å²) in [6.45, 7) is 1.47. The van der Waals surface area contributed by atoms with Crippen LogP contribution in [0.2, 0.25) is 0 Å². The van der Waals surface area contributed by atoms with Gasteiger partial charge in [0, 0.05) is 30.6 Å². The van der Waals surface area contributed by atoms with E-state index in [0.29, 0.717) is 31.1 Å². The number of hydrogen-bond acceptors (Lipinski definition) is 5. The average molecular weight is 389 g/mol. The quantitative estimate of drug-likeness (QED) is 0.289. The number of carbonyl (C=O) groups excluding carboxylic acids is 1. The molecule has 0 spiro atoms. The van der Waals surface area contributed by atoms with E-state index in [1.165, 1.54) is 0 Å². The van der Waals surface area contributed by atoms with Gasteiger partial charge in [0.05, 0.1) is 6.61 Å². The largest absolute Gasteiger partial charge is 0.491 e. The van der Waals surface area contributed by atoms with Gasteiger partial charge >= 0.3 is 0 Å². The minimum atomic E-state index is -0.0645. The van der Waals surface area contributed by atoms with Crippen LogP contribution in [0.1, 0.15) is 21.5 Å². The Morgan fingerprint density at radius 2 is 1.66 bits per heavy atom. The summed E-state index contributed by atoms with van der Waals surface area (Å²) in [6, 6.07) is 18.5. The van der Waals surface area contributed by atoms with Crippen LogP contribution in [0.25, 0.3) is 6.08 Å². The molecule has 0 fully saturated rings. The van der Waals surface area contributed by atoms with E-state index in [1.807, 2.05) is 36.4 Å². The van der Waals surface area contributed by atoms with E-state index in [4.69, 9.17) is 14.2 Å². The molecule has 0 aliphatic heterocycles. The van der Waals surface area contributed by atoms with Gasteiger partial charge in [0.25, 0.3) is 0 Å². The molecular formula is C24H23NO4. The number of ether oxygens (including phenoxy) is 3. The molecule has 3 aromatic rings. The fourth-order valence-electron chi connectivity index (χ4n) is 2.55. The van der Waals surface area contributed by atoms with Crippen molar-refractivity contribution in [2.75, 3.05) is 20.3 Å². The van der Waals surface area contributed by atoms with Gasteiger partial charge in [0.15, 0.2) is 5.78 Å². The Balaban J connectivity index is 1.51. The van der Waals surface area contributed by atoms with Crippen molar-refractivity contribution in [2.45, 2.75) is 6.61 Å². The number of carbonyl (C=O) groups is 1. The standard InChI is InChI=1S/C24H23NO4/c1-27-15-16-28-22-11-7-21(8-12-22)24(26)13-6-19-4-9-23(10-5-19)29-18-20-3-2-14-25-17-20/h2-14,17H,15-16,18H2,1H3/b13-6-. The van der Waals surface area contributed by atoms with E-state index in [1.54, 1.807) is 55.9 Å². The van der Waals surface area contributed by atoms with Gasteiger partial charge in [-0.1, -0.05) is 24.3 Å². The zero-order valence-electron chi connectivity index (χ0n) is 16.3. The van der Waals surface area contributed by atoms with Crippen molar-refractivity contribution in [3.8, 4) is 11.5 Å². The first-order valence-electron chi connectivity index (χ1n) is 9.30. The first kappa shape index (κ1) is 20.3. The van der Waals surface area contributed by atoms with Gasteiger partial charge in [-0.25, -0.2) is 0 Å². The molecule has 2 aromatic carbocycles. The molecule has 148 valence electrons. The van der Waals surface area contributed by atoms with E-state index in [0.717, 1.165) is 16.9 Å². The summed E-state index contributed by atoms with van der Waals surface area (Å²) in [5, 5.41) is 0. The highest BCUT2D eigenvalue weighted by Gasteiger charge is 2.03. The van der Waals surface area contributed by atoms with Gasteiger partial charge in [-0.05, 0) is 54.1 Å². The number of benzene rings is 2. The van der Waals surface area contributed by atoms with Gasteiger partial charge in [-0.15, -0.1) is 0 Å². The van der Waals surface area contributed by atoms with Gasteiger partial charge < -0.3 is 14.2 Å². The summed E-state index contributed by atoms with van der Waals surface area (Å²) >= 11 is 0. The number of allylic oxidation sites excluding steroid dienone is 1. The Hall–Kier alpha value is -3.44. The topological polar surface area (TPSA) is 57.7 Å². The molecule has 0 unspecified atom stereocenters. The third kappa shape index (κ3) is 6.59. The second kappa shape index (κ2) is 10.8. The molecule has 5 heteroatoms. The van der Waals surface area contributed by atoms with E-state index < -0.39 is 0 Å².